The number of rotatable bonds is 5. The lowest BCUT2D eigenvalue weighted by molar-refractivity contribution is -0.149. The molecule has 1 fully saturated rings. The molecule has 1 aliphatic rings. The van der Waals surface area contributed by atoms with Crippen molar-refractivity contribution in [3.8, 4) is 0 Å². The van der Waals surface area contributed by atoms with Gasteiger partial charge in [-0.1, -0.05) is 44.2 Å². The van der Waals surface area contributed by atoms with Gasteiger partial charge in [0.1, 0.15) is 6.10 Å². The van der Waals surface area contributed by atoms with E-state index in [0.29, 0.717) is 12.5 Å². The van der Waals surface area contributed by atoms with E-state index in [1.807, 2.05) is 30.3 Å². The minimum Gasteiger partial charge on any atom is -0.463 e. The topological polar surface area (TPSA) is 38.8 Å². The van der Waals surface area contributed by atoms with Crippen molar-refractivity contribution in [3.05, 3.63) is 35.9 Å². The van der Waals surface area contributed by atoms with Crippen molar-refractivity contribution < 1.29 is 14.3 Å². The van der Waals surface area contributed by atoms with Gasteiger partial charge in [0, 0.05) is 0 Å². The van der Waals surface area contributed by atoms with Gasteiger partial charge in [-0.05, 0) is 24.8 Å². The molecule has 1 heterocycles. The van der Waals surface area contributed by atoms with Crippen molar-refractivity contribution in [1.29, 1.82) is 0 Å². The molecule has 3 nitrogen and oxygen atoms in total. The molecule has 1 saturated heterocycles. The first kappa shape index (κ1) is 13.1. The van der Waals surface area contributed by atoms with Crippen molar-refractivity contribution in [3.63, 3.8) is 0 Å². The molecule has 0 aliphatic carbocycles. The van der Waals surface area contributed by atoms with Gasteiger partial charge in [-0.3, -0.25) is 0 Å². The van der Waals surface area contributed by atoms with Gasteiger partial charge in [0.05, 0.1) is 6.61 Å². The summed E-state index contributed by atoms with van der Waals surface area (Å²) in [6, 6.07) is 9.78. The lowest BCUT2D eigenvalue weighted by atomic mass is 10.0. The number of benzene rings is 1. The SMILES string of the molecule is CC(C)CCOC(=O)[C@@]1(C)O[C@H]1c1ccccc1. The smallest absolute Gasteiger partial charge is 0.341 e. The molecular weight excluding hydrogens is 228 g/mol. The summed E-state index contributed by atoms with van der Waals surface area (Å²) in [6.07, 6.45) is 0.725. The Labute approximate surface area is 108 Å². The van der Waals surface area contributed by atoms with Gasteiger partial charge in [-0.15, -0.1) is 0 Å². The Kier molecular flexibility index (Phi) is 3.71. The molecule has 0 spiro atoms. The summed E-state index contributed by atoms with van der Waals surface area (Å²) in [7, 11) is 0. The standard InChI is InChI=1S/C15H20O3/c1-11(2)9-10-17-14(16)15(3)13(18-15)12-7-5-4-6-8-12/h4-8,11,13H,9-10H2,1-3H3/t13-,15-/m0/s1. The molecule has 0 N–H and O–H groups in total. The highest BCUT2D eigenvalue weighted by molar-refractivity contribution is 5.83. The predicted molar refractivity (Wildman–Crippen MR) is 69.1 cm³/mol. The van der Waals surface area contributed by atoms with Crippen LogP contribution in [0.2, 0.25) is 0 Å². The second-order valence-corrected chi connectivity index (χ2v) is 5.33. The second-order valence-electron chi connectivity index (χ2n) is 5.33. The van der Waals surface area contributed by atoms with Crippen LogP contribution in [0.25, 0.3) is 0 Å². The highest BCUT2D eigenvalue weighted by Gasteiger charge is 2.60. The molecule has 0 amide bonds. The Hall–Kier alpha value is -1.35. The van der Waals surface area contributed by atoms with E-state index in [9.17, 15) is 4.79 Å². The summed E-state index contributed by atoms with van der Waals surface area (Å²) in [5, 5.41) is 0. The molecule has 0 bridgehead atoms. The zero-order valence-electron chi connectivity index (χ0n) is 11.2. The van der Waals surface area contributed by atoms with E-state index in [0.717, 1.165) is 12.0 Å². The van der Waals surface area contributed by atoms with Gasteiger partial charge in [-0.2, -0.15) is 0 Å². The third-order valence-electron chi connectivity index (χ3n) is 3.24. The maximum absolute atomic E-state index is 11.9. The number of epoxide rings is 1. The molecular formula is C15H20O3. The fourth-order valence-corrected chi connectivity index (χ4v) is 1.91. The van der Waals surface area contributed by atoms with E-state index in [1.165, 1.54) is 0 Å². The minimum absolute atomic E-state index is 0.162. The second kappa shape index (κ2) is 5.11. The van der Waals surface area contributed by atoms with Crippen LogP contribution in [0.3, 0.4) is 0 Å². The third kappa shape index (κ3) is 2.72. The molecule has 2 rings (SSSR count). The highest BCUT2D eigenvalue weighted by atomic mass is 16.7. The average molecular weight is 248 g/mol. The first-order valence-electron chi connectivity index (χ1n) is 6.44. The molecule has 3 heteroatoms. The van der Waals surface area contributed by atoms with Crippen LogP contribution in [0.4, 0.5) is 0 Å². The lowest BCUT2D eigenvalue weighted by Crippen LogP contribution is -2.25. The van der Waals surface area contributed by atoms with Crippen LogP contribution in [0.15, 0.2) is 30.3 Å². The summed E-state index contributed by atoms with van der Waals surface area (Å²) >= 11 is 0. The summed E-state index contributed by atoms with van der Waals surface area (Å²) in [6.45, 7) is 6.48. The van der Waals surface area contributed by atoms with Crippen LogP contribution in [0, 0.1) is 5.92 Å². The summed E-state index contributed by atoms with van der Waals surface area (Å²) < 4.78 is 10.8. The number of ether oxygens (including phenoxy) is 2. The molecule has 2 atom stereocenters. The van der Waals surface area contributed by atoms with E-state index < -0.39 is 5.60 Å². The van der Waals surface area contributed by atoms with E-state index >= 15 is 0 Å². The molecule has 1 aromatic carbocycles. The van der Waals surface area contributed by atoms with Crippen LogP contribution in [0.1, 0.15) is 38.9 Å². The normalized spacial score (nSPS) is 26.1. The fraction of sp³-hybridized carbons (Fsp3) is 0.533. The van der Waals surface area contributed by atoms with E-state index in [4.69, 9.17) is 9.47 Å². The largest absolute Gasteiger partial charge is 0.463 e. The Balaban J connectivity index is 1.89. The third-order valence-corrected chi connectivity index (χ3v) is 3.24. The number of carbonyl (C=O) groups excluding carboxylic acids is 1. The van der Waals surface area contributed by atoms with Crippen LogP contribution in [-0.2, 0) is 14.3 Å². The average Bonchev–Trinajstić information content (AvgIpc) is 3.04. The van der Waals surface area contributed by atoms with Crippen LogP contribution >= 0.6 is 0 Å². The van der Waals surface area contributed by atoms with E-state index in [-0.39, 0.29) is 12.1 Å². The maximum Gasteiger partial charge on any atom is 0.341 e. The zero-order valence-corrected chi connectivity index (χ0v) is 11.2. The van der Waals surface area contributed by atoms with Gasteiger partial charge < -0.3 is 9.47 Å². The Morgan fingerprint density at radius 1 is 1.39 bits per heavy atom. The van der Waals surface area contributed by atoms with Gasteiger partial charge in [0.25, 0.3) is 0 Å². The molecule has 0 radical (unpaired) electrons. The van der Waals surface area contributed by atoms with E-state index in [1.54, 1.807) is 6.92 Å². The Bertz CT molecular complexity index is 413. The Morgan fingerprint density at radius 2 is 2.06 bits per heavy atom. The molecule has 18 heavy (non-hydrogen) atoms. The number of carbonyl (C=O) groups is 1. The summed E-state index contributed by atoms with van der Waals surface area (Å²) in [4.78, 5) is 11.9. The molecule has 0 saturated carbocycles. The highest BCUT2D eigenvalue weighted by Crippen LogP contribution is 2.50. The van der Waals surface area contributed by atoms with Crippen molar-refractivity contribution in [1.82, 2.24) is 0 Å². The van der Waals surface area contributed by atoms with Crippen LogP contribution in [0.5, 0.6) is 0 Å². The van der Waals surface area contributed by atoms with Crippen molar-refractivity contribution in [2.24, 2.45) is 5.92 Å². The molecule has 0 unspecified atom stereocenters. The predicted octanol–water partition coefficient (Wildman–Crippen LogP) is 3.11. The zero-order chi connectivity index (χ0) is 13.2. The van der Waals surface area contributed by atoms with Gasteiger partial charge in [0.15, 0.2) is 5.60 Å². The molecule has 0 aromatic heterocycles. The van der Waals surface area contributed by atoms with Gasteiger partial charge >= 0.3 is 5.97 Å². The van der Waals surface area contributed by atoms with E-state index in [2.05, 4.69) is 13.8 Å². The van der Waals surface area contributed by atoms with Gasteiger partial charge in [0.2, 0.25) is 0 Å². The number of hydrogen-bond acceptors (Lipinski definition) is 3. The maximum atomic E-state index is 11.9. The molecule has 98 valence electrons. The lowest BCUT2D eigenvalue weighted by Gasteiger charge is -2.09. The van der Waals surface area contributed by atoms with Crippen LogP contribution in [-0.4, -0.2) is 18.2 Å². The van der Waals surface area contributed by atoms with Gasteiger partial charge in [-0.25, -0.2) is 4.79 Å². The number of esters is 1. The minimum atomic E-state index is -0.793. The van der Waals surface area contributed by atoms with Crippen molar-refractivity contribution in [2.75, 3.05) is 6.61 Å². The number of hydrogen-bond donors (Lipinski definition) is 0. The fourth-order valence-electron chi connectivity index (χ4n) is 1.91. The monoisotopic (exact) mass is 248 g/mol. The van der Waals surface area contributed by atoms with Crippen molar-refractivity contribution in [2.45, 2.75) is 38.9 Å². The first-order valence-corrected chi connectivity index (χ1v) is 6.44. The molecule has 1 aromatic rings. The van der Waals surface area contributed by atoms with Crippen LogP contribution < -0.4 is 0 Å². The summed E-state index contributed by atoms with van der Waals surface area (Å²) in [5.41, 5.74) is 0.235. The quantitative estimate of drug-likeness (QED) is 0.593. The Morgan fingerprint density at radius 3 is 2.67 bits per heavy atom. The first-order chi connectivity index (χ1) is 8.54. The molecule has 1 aliphatic heterocycles. The summed E-state index contributed by atoms with van der Waals surface area (Å²) in [5.74, 6) is 0.285. The van der Waals surface area contributed by atoms with Crippen molar-refractivity contribution >= 4 is 5.97 Å².